The van der Waals surface area contributed by atoms with E-state index < -0.39 is 0 Å². The van der Waals surface area contributed by atoms with Gasteiger partial charge >= 0.3 is 0 Å². The molecule has 5 heteroatoms. The minimum atomic E-state index is -0.202. The summed E-state index contributed by atoms with van der Waals surface area (Å²) >= 11 is 0. The summed E-state index contributed by atoms with van der Waals surface area (Å²) in [5.74, 6) is 0.516. The lowest BCUT2D eigenvalue weighted by Crippen LogP contribution is -2.21. The Hall–Kier alpha value is -2.82. The molecule has 3 aromatic rings. The Balaban J connectivity index is 1.86. The molecule has 1 aromatic carbocycles. The third-order valence-corrected chi connectivity index (χ3v) is 3.76. The van der Waals surface area contributed by atoms with Crippen LogP contribution in [0.5, 0.6) is 0 Å². The number of carbonyl (C=O) groups is 1. The summed E-state index contributed by atoms with van der Waals surface area (Å²) in [5.41, 5.74) is 4.24. The zero-order valence-corrected chi connectivity index (χ0v) is 11.4. The number of aryl methyl sites for hydroxylation is 1. The summed E-state index contributed by atoms with van der Waals surface area (Å²) in [5, 5.41) is 10.0. The molecule has 0 spiro atoms. The average molecular weight is 279 g/mol. The van der Waals surface area contributed by atoms with Crippen LogP contribution in [0.1, 0.15) is 33.2 Å². The number of rotatable bonds is 2. The quantitative estimate of drug-likeness (QED) is 0.757. The van der Waals surface area contributed by atoms with E-state index in [-0.39, 0.29) is 11.9 Å². The van der Waals surface area contributed by atoms with Crippen molar-refractivity contribution in [3.05, 3.63) is 65.0 Å². The minimum Gasteiger partial charge on any atom is -0.463 e. The summed E-state index contributed by atoms with van der Waals surface area (Å²) in [6, 6.07) is 11.6. The molecule has 1 atom stereocenters. The van der Waals surface area contributed by atoms with Crippen molar-refractivity contribution >= 4 is 5.91 Å². The summed E-state index contributed by atoms with van der Waals surface area (Å²) in [6.07, 6.45) is 1.60. The fourth-order valence-electron chi connectivity index (χ4n) is 2.69. The number of amides is 1. The number of H-pyrrole nitrogens is 1. The number of nitrogens with zero attached hydrogens (tertiary/aromatic N) is 1. The lowest BCUT2D eigenvalue weighted by Gasteiger charge is -2.13. The Morgan fingerprint density at radius 2 is 2.00 bits per heavy atom. The number of nitrogens with one attached hydrogen (secondary N) is 2. The molecule has 4 rings (SSSR count). The van der Waals surface area contributed by atoms with Crippen LogP contribution in [0.4, 0.5) is 0 Å². The lowest BCUT2D eigenvalue weighted by atomic mass is 9.98. The molecule has 1 amide bonds. The second kappa shape index (κ2) is 4.34. The second-order valence-electron chi connectivity index (χ2n) is 5.16. The Kier molecular flexibility index (Phi) is 2.47. The number of hydrogen-bond acceptors (Lipinski definition) is 3. The molecule has 1 unspecified atom stereocenters. The highest BCUT2D eigenvalue weighted by Crippen LogP contribution is 2.37. The van der Waals surface area contributed by atoms with Crippen LogP contribution in [-0.4, -0.2) is 16.1 Å². The number of hydrogen-bond donors (Lipinski definition) is 2. The molecule has 0 fully saturated rings. The summed E-state index contributed by atoms with van der Waals surface area (Å²) in [7, 11) is 0. The van der Waals surface area contributed by atoms with Gasteiger partial charge in [0, 0.05) is 5.56 Å². The van der Waals surface area contributed by atoms with Crippen molar-refractivity contribution in [2.24, 2.45) is 0 Å². The molecular weight excluding hydrogens is 266 g/mol. The molecule has 21 heavy (non-hydrogen) atoms. The highest BCUT2D eigenvalue weighted by atomic mass is 16.3. The van der Waals surface area contributed by atoms with Crippen molar-refractivity contribution in [2.75, 3.05) is 0 Å². The first-order valence-electron chi connectivity index (χ1n) is 6.73. The van der Waals surface area contributed by atoms with Crippen LogP contribution in [0.15, 0.2) is 47.1 Å². The molecule has 0 saturated heterocycles. The van der Waals surface area contributed by atoms with E-state index in [1.807, 2.05) is 43.3 Å². The van der Waals surface area contributed by atoms with Gasteiger partial charge in [0.1, 0.15) is 5.69 Å². The molecule has 0 bridgehead atoms. The van der Waals surface area contributed by atoms with Crippen LogP contribution in [0.3, 0.4) is 0 Å². The predicted octanol–water partition coefficient (Wildman–Crippen LogP) is 2.81. The van der Waals surface area contributed by atoms with E-state index in [2.05, 4.69) is 15.5 Å². The third-order valence-electron chi connectivity index (χ3n) is 3.76. The lowest BCUT2D eigenvalue weighted by molar-refractivity contribution is 0.0955. The molecule has 0 radical (unpaired) electrons. The van der Waals surface area contributed by atoms with Crippen LogP contribution in [0.2, 0.25) is 0 Å². The number of benzene rings is 1. The first kappa shape index (κ1) is 12.0. The number of fused-ring (bicyclic) bond motifs is 1. The van der Waals surface area contributed by atoms with Crippen molar-refractivity contribution in [3.63, 3.8) is 0 Å². The third kappa shape index (κ3) is 1.78. The Bertz CT molecular complexity index is 801. The van der Waals surface area contributed by atoms with E-state index in [0.29, 0.717) is 11.5 Å². The van der Waals surface area contributed by atoms with Gasteiger partial charge in [0.25, 0.3) is 5.91 Å². The van der Waals surface area contributed by atoms with Crippen LogP contribution in [-0.2, 0) is 0 Å². The SMILES string of the molecule is Cc1ccc(C2NC(=O)c3n[nH]c(-c4ccco4)c32)cc1. The highest BCUT2D eigenvalue weighted by molar-refractivity contribution is 5.99. The number of furan rings is 1. The Labute approximate surface area is 121 Å². The average Bonchev–Trinajstić information content (AvgIpc) is 3.18. The first-order valence-corrected chi connectivity index (χ1v) is 6.73. The van der Waals surface area contributed by atoms with Crippen LogP contribution >= 0.6 is 0 Å². The molecule has 2 aromatic heterocycles. The van der Waals surface area contributed by atoms with Gasteiger partial charge in [-0.2, -0.15) is 5.10 Å². The van der Waals surface area contributed by atoms with Gasteiger partial charge in [-0.25, -0.2) is 0 Å². The molecule has 0 aliphatic carbocycles. The first-order chi connectivity index (χ1) is 10.2. The van der Waals surface area contributed by atoms with Crippen LogP contribution in [0.25, 0.3) is 11.5 Å². The smallest absolute Gasteiger partial charge is 0.272 e. The maximum Gasteiger partial charge on any atom is 0.272 e. The monoisotopic (exact) mass is 279 g/mol. The topological polar surface area (TPSA) is 70.9 Å². The molecule has 1 aliphatic heterocycles. The zero-order chi connectivity index (χ0) is 14.4. The largest absolute Gasteiger partial charge is 0.463 e. The molecule has 3 heterocycles. The number of aromatic amines is 1. The molecule has 5 nitrogen and oxygen atoms in total. The van der Waals surface area contributed by atoms with Crippen molar-refractivity contribution in [1.82, 2.24) is 15.5 Å². The molecule has 0 saturated carbocycles. The van der Waals surface area contributed by atoms with Gasteiger partial charge in [-0.15, -0.1) is 0 Å². The minimum absolute atomic E-state index is 0.162. The Morgan fingerprint density at radius 3 is 2.71 bits per heavy atom. The van der Waals surface area contributed by atoms with Gasteiger partial charge in [-0.1, -0.05) is 29.8 Å². The van der Waals surface area contributed by atoms with E-state index in [9.17, 15) is 4.79 Å². The van der Waals surface area contributed by atoms with E-state index in [0.717, 1.165) is 16.8 Å². The molecule has 104 valence electrons. The van der Waals surface area contributed by atoms with Crippen molar-refractivity contribution in [2.45, 2.75) is 13.0 Å². The van der Waals surface area contributed by atoms with E-state index in [1.165, 1.54) is 5.56 Å². The maximum atomic E-state index is 12.1. The molecule has 1 aliphatic rings. The predicted molar refractivity (Wildman–Crippen MR) is 76.8 cm³/mol. The van der Waals surface area contributed by atoms with Gasteiger partial charge in [-0.05, 0) is 24.6 Å². The van der Waals surface area contributed by atoms with E-state index in [4.69, 9.17) is 4.42 Å². The fraction of sp³-hybridized carbons (Fsp3) is 0.125. The van der Waals surface area contributed by atoms with Gasteiger partial charge in [-0.3, -0.25) is 9.89 Å². The van der Waals surface area contributed by atoms with Crippen LogP contribution in [0, 0.1) is 6.92 Å². The van der Waals surface area contributed by atoms with E-state index >= 15 is 0 Å². The number of carbonyl (C=O) groups excluding carboxylic acids is 1. The van der Waals surface area contributed by atoms with Crippen LogP contribution < -0.4 is 5.32 Å². The molecular formula is C16H13N3O2. The summed E-state index contributed by atoms with van der Waals surface area (Å²) < 4.78 is 5.43. The van der Waals surface area contributed by atoms with Gasteiger partial charge < -0.3 is 9.73 Å². The van der Waals surface area contributed by atoms with Crippen molar-refractivity contribution in [1.29, 1.82) is 0 Å². The van der Waals surface area contributed by atoms with Crippen molar-refractivity contribution < 1.29 is 9.21 Å². The summed E-state index contributed by atoms with van der Waals surface area (Å²) in [4.78, 5) is 12.1. The van der Waals surface area contributed by atoms with Gasteiger partial charge in [0.2, 0.25) is 0 Å². The van der Waals surface area contributed by atoms with Gasteiger partial charge in [0.15, 0.2) is 11.5 Å². The van der Waals surface area contributed by atoms with Crippen molar-refractivity contribution in [3.8, 4) is 11.5 Å². The normalized spacial score (nSPS) is 16.8. The fourth-order valence-corrected chi connectivity index (χ4v) is 2.69. The van der Waals surface area contributed by atoms with Gasteiger partial charge in [0.05, 0.1) is 12.3 Å². The zero-order valence-electron chi connectivity index (χ0n) is 11.4. The molecule has 2 N–H and O–H groups in total. The second-order valence-corrected chi connectivity index (χ2v) is 5.16. The maximum absolute atomic E-state index is 12.1. The number of aromatic nitrogens is 2. The summed E-state index contributed by atoms with van der Waals surface area (Å²) in [6.45, 7) is 2.04. The highest BCUT2D eigenvalue weighted by Gasteiger charge is 2.36. The Morgan fingerprint density at radius 1 is 1.19 bits per heavy atom. The van der Waals surface area contributed by atoms with E-state index in [1.54, 1.807) is 6.26 Å². The standard InChI is InChI=1S/C16H13N3O2/c1-9-4-6-10(7-5-9)13-12-14(11-3-2-8-21-11)18-19-15(12)16(20)17-13/h2-8,13H,1H3,(H,17,20)(H,18,19).